The van der Waals surface area contributed by atoms with Crippen LogP contribution in [0.3, 0.4) is 0 Å². The van der Waals surface area contributed by atoms with Gasteiger partial charge in [-0.25, -0.2) is 0 Å². The Morgan fingerprint density at radius 1 is 1.25 bits per heavy atom. The highest BCUT2D eigenvalue weighted by Gasteiger charge is 2.50. The lowest BCUT2D eigenvalue weighted by Crippen LogP contribution is -2.40. The minimum atomic E-state index is -4.34. The maximum absolute atomic E-state index is 12.6. The van der Waals surface area contributed by atoms with Gasteiger partial charge < -0.3 is 9.84 Å². The molecule has 1 aromatic carbocycles. The predicted octanol–water partition coefficient (Wildman–Crippen LogP) is 3.02. The van der Waals surface area contributed by atoms with Crippen LogP contribution < -0.4 is 0 Å². The van der Waals surface area contributed by atoms with E-state index in [9.17, 15) is 23.1 Å². The molecule has 2 fully saturated rings. The van der Waals surface area contributed by atoms with Gasteiger partial charge in [-0.1, -0.05) is 12.1 Å². The summed E-state index contributed by atoms with van der Waals surface area (Å²) in [5, 5.41) is 9.55. The Hall–Kier alpha value is -1.60. The maximum atomic E-state index is 12.6. The SMILES string of the molecule is O=C(O)[C@H]1CN(Cc2ccc(C(F)(F)F)cc2)CC12CCOCC2. The van der Waals surface area contributed by atoms with E-state index < -0.39 is 23.6 Å². The first-order chi connectivity index (χ1) is 11.3. The molecule has 2 aliphatic rings. The molecule has 2 saturated heterocycles. The third-order valence-corrected chi connectivity index (χ3v) is 5.19. The van der Waals surface area contributed by atoms with Gasteiger partial charge in [0.15, 0.2) is 0 Å². The molecule has 0 aromatic heterocycles. The summed E-state index contributed by atoms with van der Waals surface area (Å²) in [6, 6.07) is 5.08. The number of aliphatic carboxylic acids is 1. The number of hydrogen-bond acceptors (Lipinski definition) is 3. The number of benzene rings is 1. The van der Waals surface area contributed by atoms with Crippen LogP contribution >= 0.6 is 0 Å². The van der Waals surface area contributed by atoms with Gasteiger partial charge in [0.25, 0.3) is 0 Å². The molecular weight excluding hydrogens is 323 g/mol. The second-order valence-corrected chi connectivity index (χ2v) is 6.73. The minimum absolute atomic E-state index is 0.282. The maximum Gasteiger partial charge on any atom is 0.416 e. The van der Waals surface area contributed by atoms with E-state index in [-0.39, 0.29) is 5.41 Å². The monoisotopic (exact) mass is 343 g/mol. The van der Waals surface area contributed by atoms with Crippen LogP contribution in [0.2, 0.25) is 0 Å². The molecule has 0 unspecified atom stereocenters. The topological polar surface area (TPSA) is 49.8 Å². The summed E-state index contributed by atoms with van der Waals surface area (Å²) in [6.45, 7) is 2.67. The minimum Gasteiger partial charge on any atom is -0.481 e. The number of halogens is 3. The fourth-order valence-corrected chi connectivity index (χ4v) is 3.87. The van der Waals surface area contributed by atoms with Crippen molar-refractivity contribution in [2.24, 2.45) is 11.3 Å². The Morgan fingerprint density at radius 3 is 2.42 bits per heavy atom. The van der Waals surface area contributed by atoms with Crippen LogP contribution in [0.4, 0.5) is 13.2 Å². The smallest absolute Gasteiger partial charge is 0.416 e. The highest BCUT2D eigenvalue weighted by molar-refractivity contribution is 5.72. The Bertz CT molecular complexity index is 594. The highest BCUT2D eigenvalue weighted by Crippen LogP contribution is 2.44. The van der Waals surface area contributed by atoms with Gasteiger partial charge in [0, 0.05) is 38.3 Å². The van der Waals surface area contributed by atoms with Crippen LogP contribution in [0.5, 0.6) is 0 Å². The van der Waals surface area contributed by atoms with Crippen LogP contribution in [-0.4, -0.2) is 42.3 Å². The summed E-state index contributed by atoms with van der Waals surface area (Å²) in [6.07, 6.45) is -2.91. The first-order valence-corrected chi connectivity index (χ1v) is 7.99. The van der Waals surface area contributed by atoms with E-state index in [1.165, 1.54) is 12.1 Å². The molecule has 7 heteroatoms. The van der Waals surface area contributed by atoms with Gasteiger partial charge in [0.1, 0.15) is 0 Å². The molecule has 0 radical (unpaired) electrons. The summed E-state index contributed by atoms with van der Waals surface area (Å²) in [5.41, 5.74) is -0.191. The third kappa shape index (κ3) is 3.42. The molecule has 2 heterocycles. The fourth-order valence-electron chi connectivity index (χ4n) is 3.87. The van der Waals surface area contributed by atoms with Crippen molar-refractivity contribution in [2.45, 2.75) is 25.6 Å². The van der Waals surface area contributed by atoms with Crippen molar-refractivity contribution >= 4 is 5.97 Å². The molecule has 0 saturated carbocycles. The van der Waals surface area contributed by atoms with Gasteiger partial charge in [-0.15, -0.1) is 0 Å². The molecule has 0 amide bonds. The van der Waals surface area contributed by atoms with E-state index in [0.29, 0.717) is 45.7 Å². The van der Waals surface area contributed by atoms with Gasteiger partial charge in [0.05, 0.1) is 11.5 Å². The Labute approximate surface area is 138 Å². The van der Waals surface area contributed by atoms with Gasteiger partial charge >= 0.3 is 12.1 Å². The van der Waals surface area contributed by atoms with E-state index in [2.05, 4.69) is 0 Å². The quantitative estimate of drug-likeness (QED) is 0.917. The predicted molar refractivity (Wildman–Crippen MR) is 80.3 cm³/mol. The number of carbonyl (C=O) groups is 1. The molecule has 2 aliphatic heterocycles. The zero-order valence-electron chi connectivity index (χ0n) is 13.2. The van der Waals surface area contributed by atoms with Crippen molar-refractivity contribution in [3.63, 3.8) is 0 Å². The van der Waals surface area contributed by atoms with Crippen molar-refractivity contribution in [3.05, 3.63) is 35.4 Å². The second kappa shape index (κ2) is 6.37. The number of likely N-dealkylation sites (tertiary alicyclic amines) is 1. The van der Waals surface area contributed by atoms with E-state index in [1.807, 2.05) is 4.90 Å². The number of rotatable bonds is 3. The molecule has 1 spiro atoms. The summed E-state index contributed by atoms with van der Waals surface area (Å²) in [5.74, 6) is -1.25. The first kappa shape index (κ1) is 17.2. The summed E-state index contributed by atoms with van der Waals surface area (Å²) < 4.78 is 43.2. The lowest BCUT2D eigenvalue weighted by Gasteiger charge is -2.36. The van der Waals surface area contributed by atoms with Gasteiger partial charge in [-0.3, -0.25) is 9.69 Å². The number of nitrogens with zero attached hydrogens (tertiary/aromatic N) is 1. The van der Waals surface area contributed by atoms with E-state index >= 15 is 0 Å². The molecule has 24 heavy (non-hydrogen) atoms. The van der Waals surface area contributed by atoms with Crippen LogP contribution in [0.25, 0.3) is 0 Å². The number of carboxylic acids is 1. The van der Waals surface area contributed by atoms with Gasteiger partial charge in [-0.05, 0) is 30.5 Å². The molecule has 3 rings (SSSR count). The Morgan fingerprint density at radius 2 is 1.88 bits per heavy atom. The zero-order chi connectivity index (χ0) is 17.4. The van der Waals surface area contributed by atoms with Gasteiger partial charge in [0.2, 0.25) is 0 Å². The fraction of sp³-hybridized carbons (Fsp3) is 0.588. The van der Waals surface area contributed by atoms with Crippen LogP contribution in [0.1, 0.15) is 24.0 Å². The third-order valence-electron chi connectivity index (χ3n) is 5.19. The standard InChI is InChI=1S/C17H20F3NO3/c18-17(19,20)13-3-1-12(2-4-13)9-21-10-14(15(22)23)16(11-21)5-7-24-8-6-16/h1-4,14H,5-11H2,(H,22,23)/t14-/m1/s1. The summed E-state index contributed by atoms with van der Waals surface area (Å²) in [4.78, 5) is 13.7. The van der Waals surface area contributed by atoms with Crippen LogP contribution in [-0.2, 0) is 22.3 Å². The number of ether oxygens (including phenoxy) is 1. The number of hydrogen-bond donors (Lipinski definition) is 1. The largest absolute Gasteiger partial charge is 0.481 e. The van der Waals surface area contributed by atoms with Crippen molar-refractivity contribution in [1.82, 2.24) is 4.90 Å². The lowest BCUT2D eigenvalue weighted by molar-refractivity contribution is -0.147. The van der Waals surface area contributed by atoms with Crippen molar-refractivity contribution in [1.29, 1.82) is 0 Å². The first-order valence-electron chi connectivity index (χ1n) is 7.99. The molecule has 1 N–H and O–H groups in total. The van der Waals surface area contributed by atoms with Crippen LogP contribution in [0.15, 0.2) is 24.3 Å². The Kier molecular flexibility index (Phi) is 4.57. The van der Waals surface area contributed by atoms with Crippen molar-refractivity contribution < 1.29 is 27.8 Å². The summed E-state index contributed by atoms with van der Waals surface area (Å²) in [7, 11) is 0. The van der Waals surface area contributed by atoms with Crippen molar-refractivity contribution in [2.75, 3.05) is 26.3 Å². The highest BCUT2D eigenvalue weighted by atomic mass is 19.4. The average molecular weight is 343 g/mol. The van der Waals surface area contributed by atoms with Gasteiger partial charge in [-0.2, -0.15) is 13.2 Å². The molecule has 0 aliphatic carbocycles. The molecule has 1 atom stereocenters. The molecule has 4 nitrogen and oxygen atoms in total. The summed E-state index contributed by atoms with van der Waals surface area (Å²) >= 11 is 0. The van der Waals surface area contributed by atoms with Crippen molar-refractivity contribution in [3.8, 4) is 0 Å². The molecule has 1 aromatic rings. The lowest BCUT2D eigenvalue weighted by atomic mass is 9.72. The zero-order valence-corrected chi connectivity index (χ0v) is 13.2. The van der Waals surface area contributed by atoms with E-state index in [4.69, 9.17) is 4.74 Å². The molecular formula is C17H20F3NO3. The normalized spacial score (nSPS) is 24.4. The van der Waals surface area contributed by atoms with E-state index in [1.54, 1.807) is 0 Å². The Balaban J connectivity index is 1.71. The second-order valence-electron chi connectivity index (χ2n) is 6.73. The number of alkyl halides is 3. The average Bonchev–Trinajstić information content (AvgIpc) is 2.85. The molecule has 132 valence electrons. The van der Waals surface area contributed by atoms with E-state index in [0.717, 1.165) is 17.7 Å². The van der Waals surface area contributed by atoms with Crippen LogP contribution in [0, 0.1) is 11.3 Å². The number of carboxylic acid groups (broad SMARTS) is 1. The molecule has 0 bridgehead atoms.